The lowest BCUT2D eigenvalue weighted by atomic mass is 10.1. The predicted octanol–water partition coefficient (Wildman–Crippen LogP) is 1.99. The number of aliphatic carboxylic acids is 2. The highest BCUT2D eigenvalue weighted by molar-refractivity contribution is 5.85. The van der Waals surface area contributed by atoms with Gasteiger partial charge in [0, 0.05) is 37.3 Å². The molecule has 158 valence electrons. The molecular weight excluding hydrogens is 400 g/mol. The smallest absolute Gasteiger partial charge is 0.317 e. The number of aromatic hydroxyl groups is 2. The molecule has 0 aliphatic rings. The van der Waals surface area contributed by atoms with Crippen molar-refractivity contribution in [1.82, 2.24) is 9.80 Å². The van der Waals surface area contributed by atoms with E-state index in [4.69, 9.17) is 10.2 Å². The van der Waals surface area contributed by atoms with Gasteiger partial charge in [0.15, 0.2) is 0 Å². The van der Waals surface area contributed by atoms with Gasteiger partial charge in [-0.3, -0.25) is 19.4 Å². The number of para-hydroxylation sites is 2. The molecule has 8 nitrogen and oxygen atoms in total. The van der Waals surface area contributed by atoms with Gasteiger partial charge in [0.2, 0.25) is 0 Å². The highest BCUT2D eigenvalue weighted by Crippen LogP contribution is 2.19. The first-order valence-electron chi connectivity index (χ1n) is 8.77. The van der Waals surface area contributed by atoms with E-state index in [-0.39, 0.29) is 63.2 Å². The Bertz CT molecular complexity index is 750. The molecule has 0 heterocycles. The minimum Gasteiger partial charge on any atom is -0.508 e. The molecule has 0 amide bonds. The number of rotatable bonds is 11. The van der Waals surface area contributed by atoms with Gasteiger partial charge in [-0.05, 0) is 12.1 Å². The van der Waals surface area contributed by atoms with Crippen molar-refractivity contribution >= 4 is 24.3 Å². The van der Waals surface area contributed by atoms with Crippen molar-refractivity contribution < 1.29 is 30.0 Å². The molecular formula is C20H25ClN2O6. The number of hydrogen-bond donors (Lipinski definition) is 4. The van der Waals surface area contributed by atoms with Crippen molar-refractivity contribution in [3.8, 4) is 11.5 Å². The first kappa shape index (κ1) is 24.2. The normalized spacial score (nSPS) is 10.7. The summed E-state index contributed by atoms with van der Waals surface area (Å²) in [5.41, 5.74) is 1.18. The fourth-order valence-electron chi connectivity index (χ4n) is 2.86. The van der Waals surface area contributed by atoms with E-state index in [1.54, 1.807) is 46.2 Å². The van der Waals surface area contributed by atoms with E-state index in [1.165, 1.54) is 12.1 Å². The fourth-order valence-corrected chi connectivity index (χ4v) is 2.86. The second kappa shape index (κ2) is 11.9. The summed E-state index contributed by atoms with van der Waals surface area (Å²) in [6.45, 7) is 0.508. The molecule has 0 atom stereocenters. The third-order valence-electron chi connectivity index (χ3n) is 4.22. The van der Waals surface area contributed by atoms with Crippen LogP contribution in [-0.4, -0.2) is 68.3 Å². The number of benzene rings is 2. The topological polar surface area (TPSA) is 122 Å². The van der Waals surface area contributed by atoms with Gasteiger partial charge in [0.05, 0.1) is 13.1 Å². The minimum absolute atomic E-state index is 0. The van der Waals surface area contributed by atoms with Gasteiger partial charge in [-0.1, -0.05) is 36.4 Å². The molecule has 9 heteroatoms. The van der Waals surface area contributed by atoms with Crippen LogP contribution in [-0.2, 0) is 22.7 Å². The lowest BCUT2D eigenvalue weighted by molar-refractivity contribution is -0.140. The van der Waals surface area contributed by atoms with Gasteiger partial charge in [-0.25, -0.2) is 0 Å². The van der Waals surface area contributed by atoms with Crippen LogP contribution in [0.25, 0.3) is 0 Å². The Morgan fingerprint density at radius 1 is 0.690 bits per heavy atom. The third-order valence-corrected chi connectivity index (χ3v) is 4.22. The molecule has 0 saturated carbocycles. The molecule has 0 unspecified atom stereocenters. The Morgan fingerprint density at radius 2 is 1.03 bits per heavy atom. The molecule has 0 spiro atoms. The van der Waals surface area contributed by atoms with E-state index in [1.807, 2.05) is 0 Å². The molecule has 0 aliphatic heterocycles. The second-order valence-electron chi connectivity index (χ2n) is 6.47. The van der Waals surface area contributed by atoms with Gasteiger partial charge in [-0.2, -0.15) is 0 Å². The van der Waals surface area contributed by atoms with E-state index in [9.17, 15) is 19.8 Å². The molecule has 0 aromatic heterocycles. The number of phenols is 2. The summed E-state index contributed by atoms with van der Waals surface area (Å²) in [5, 5.41) is 38.2. The molecule has 0 saturated heterocycles. The summed E-state index contributed by atoms with van der Waals surface area (Å²) in [7, 11) is 0. The average Bonchev–Trinajstić information content (AvgIpc) is 2.62. The number of phenolic OH excluding ortho intramolecular Hbond substituents is 2. The minimum atomic E-state index is -1.01. The van der Waals surface area contributed by atoms with Gasteiger partial charge in [-0.15, -0.1) is 12.4 Å². The van der Waals surface area contributed by atoms with Crippen LogP contribution in [0.5, 0.6) is 11.5 Å². The molecule has 29 heavy (non-hydrogen) atoms. The highest BCUT2D eigenvalue weighted by Gasteiger charge is 2.17. The number of carboxylic acid groups (broad SMARTS) is 2. The van der Waals surface area contributed by atoms with E-state index in [0.717, 1.165) is 0 Å². The Kier molecular flexibility index (Phi) is 9.94. The average molecular weight is 425 g/mol. The maximum atomic E-state index is 11.2. The second-order valence-corrected chi connectivity index (χ2v) is 6.47. The summed E-state index contributed by atoms with van der Waals surface area (Å²) < 4.78 is 0. The lowest BCUT2D eigenvalue weighted by Gasteiger charge is -2.26. The monoisotopic (exact) mass is 424 g/mol. The maximum Gasteiger partial charge on any atom is 0.317 e. The van der Waals surface area contributed by atoms with Crippen LogP contribution in [0.1, 0.15) is 11.1 Å². The number of hydrogen-bond acceptors (Lipinski definition) is 6. The molecule has 2 aromatic rings. The van der Waals surface area contributed by atoms with Crippen molar-refractivity contribution in [2.75, 3.05) is 26.2 Å². The quantitative estimate of drug-likeness (QED) is 0.432. The van der Waals surface area contributed by atoms with Crippen molar-refractivity contribution in [1.29, 1.82) is 0 Å². The first-order chi connectivity index (χ1) is 13.3. The Morgan fingerprint density at radius 3 is 1.34 bits per heavy atom. The molecule has 2 rings (SSSR count). The van der Waals surface area contributed by atoms with E-state index in [2.05, 4.69) is 0 Å². The van der Waals surface area contributed by atoms with Crippen LogP contribution < -0.4 is 0 Å². The van der Waals surface area contributed by atoms with Gasteiger partial charge < -0.3 is 20.4 Å². The van der Waals surface area contributed by atoms with Crippen LogP contribution in [0.3, 0.4) is 0 Å². The van der Waals surface area contributed by atoms with E-state index in [0.29, 0.717) is 11.1 Å². The summed E-state index contributed by atoms with van der Waals surface area (Å²) in [5.74, 6) is -1.87. The Hall–Kier alpha value is -2.81. The van der Waals surface area contributed by atoms with Crippen molar-refractivity contribution in [2.24, 2.45) is 0 Å². The van der Waals surface area contributed by atoms with Crippen LogP contribution in [0, 0.1) is 0 Å². The highest BCUT2D eigenvalue weighted by atomic mass is 35.5. The number of nitrogens with zero attached hydrogens (tertiary/aromatic N) is 2. The third kappa shape index (κ3) is 8.39. The molecule has 4 N–H and O–H groups in total. The van der Waals surface area contributed by atoms with Crippen molar-refractivity contribution in [3.05, 3.63) is 59.7 Å². The Labute approximate surface area is 175 Å². The summed E-state index contributed by atoms with van der Waals surface area (Å²) in [6, 6.07) is 13.4. The largest absolute Gasteiger partial charge is 0.508 e. The lowest BCUT2D eigenvalue weighted by Crippen LogP contribution is -2.39. The molecule has 2 aromatic carbocycles. The number of carbonyl (C=O) groups is 2. The van der Waals surface area contributed by atoms with Crippen molar-refractivity contribution in [3.63, 3.8) is 0 Å². The fraction of sp³-hybridized carbons (Fsp3) is 0.300. The number of carboxylic acids is 2. The standard InChI is InChI=1S/C20H24N2O6.ClH/c23-17-7-3-1-5-15(17)11-21(13-19(25)26)9-10-22(14-20(27)28)12-16-6-2-4-8-18(16)24;/h1-8,23-24H,9-14H2,(H,25,26)(H,27,28);1H. The first-order valence-corrected chi connectivity index (χ1v) is 8.77. The molecule has 0 aliphatic carbocycles. The molecule has 0 fully saturated rings. The predicted molar refractivity (Wildman–Crippen MR) is 109 cm³/mol. The van der Waals surface area contributed by atoms with Crippen LogP contribution in [0.2, 0.25) is 0 Å². The molecule has 0 radical (unpaired) electrons. The summed E-state index contributed by atoms with van der Waals surface area (Å²) in [6.07, 6.45) is 0. The van der Waals surface area contributed by atoms with Gasteiger partial charge in [0.1, 0.15) is 11.5 Å². The van der Waals surface area contributed by atoms with E-state index >= 15 is 0 Å². The zero-order chi connectivity index (χ0) is 20.5. The summed E-state index contributed by atoms with van der Waals surface area (Å²) in [4.78, 5) is 25.6. The van der Waals surface area contributed by atoms with Crippen LogP contribution >= 0.6 is 12.4 Å². The zero-order valence-corrected chi connectivity index (χ0v) is 16.6. The van der Waals surface area contributed by atoms with Gasteiger partial charge >= 0.3 is 11.9 Å². The molecule has 0 bridgehead atoms. The van der Waals surface area contributed by atoms with Crippen molar-refractivity contribution in [2.45, 2.75) is 13.1 Å². The Balaban J connectivity index is 0.00000420. The number of halogens is 1. The van der Waals surface area contributed by atoms with Crippen LogP contribution in [0.4, 0.5) is 0 Å². The zero-order valence-electron chi connectivity index (χ0n) is 15.8. The summed E-state index contributed by atoms with van der Waals surface area (Å²) >= 11 is 0. The van der Waals surface area contributed by atoms with E-state index < -0.39 is 11.9 Å². The SMILES string of the molecule is Cl.O=C(O)CN(CCN(CC(=O)O)Cc1ccccc1O)Cc1ccccc1O. The van der Waals surface area contributed by atoms with Crippen LogP contribution in [0.15, 0.2) is 48.5 Å². The van der Waals surface area contributed by atoms with Gasteiger partial charge in [0.25, 0.3) is 0 Å². The maximum absolute atomic E-state index is 11.2.